The molecule has 1 aromatic heterocycles. The Morgan fingerprint density at radius 3 is 2.66 bits per heavy atom. The lowest BCUT2D eigenvalue weighted by Gasteiger charge is -2.15. The van der Waals surface area contributed by atoms with Gasteiger partial charge in [-0.15, -0.1) is 0 Å². The molecule has 1 amide bonds. The van der Waals surface area contributed by atoms with Gasteiger partial charge in [0.1, 0.15) is 6.61 Å². The van der Waals surface area contributed by atoms with Crippen LogP contribution in [0.5, 0.6) is 17.2 Å². The smallest absolute Gasteiger partial charge is 0.275 e. The number of hydrogen-bond donors (Lipinski definition) is 1. The molecule has 1 N–H and O–H groups in total. The van der Waals surface area contributed by atoms with Crippen molar-refractivity contribution in [2.24, 2.45) is 0 Å². The van der Waals surface area contributed by atoms with E-state index in [1.54, 1.807) is 18.0 Å². The number of benzene rings is 2. The van der Waals surface area contributed by atoms with Crippen LogP contribution in [0.4, 0.5) is 0 Å². The van der Waals surface area contributed by atoms with E-state index in [1.165, 1.54) is 7.11 Å². The van der Waals surface area contributed by atoms with Crippen LogP contribution in [0.3, 0.4) is 0 Å². The Balaban J connectivity index is 1.40. The number of amides is 1. The van der Waals surface area contributed by atoms with Crippen molar-refractivity contribution < 1.29 is 23.7 Å². The highest BCUT2D eigenvalue weighted by atomic mass is 16.5. The molecule has 0 radical (unpaired) electrons. The molecule has 8 nitrogen and oxygen atoms in total. The van der Waals surface area contributed by atoms with Gasteiger partial charge < -0.3 is 24.3 Å². The van der Waals surface area contributed by atoms with Crippen molar-refractivity contribution in [2.45, 2.75) is 25.5 Å². The third kappa shape index (κ3) is 5.03. The molecule has 32 heavy (non-hydrogen) atoms. The van der Waals surface area contributed by atoms with Gasteiger partial charge in [0.25, 0.3) is 5.91 Å². The lowest BCUT2D eigenvalue weighted by Crippen LogP contribution is -2.24. The monoisotopic (exact) mass is 437 g/mol. The predicted octanol–water partition coefficient (Wildman–Crippen LogP) is 3.38. The molecule has 1 fully saturated rings. The van der Waals surface area contributed by atoms with E-state index in [0.29, 0.717) is 30.4 Å². The van der Waals surface area contributed by atoms with Gasteiger partial charge in [0.15, 0.2) is 22.9 Å². The summed E-state index contributed by atoms with van der Waals surface area (Å²) in [7, 11) is 3.11. The molecule has 3 aromatic rings. The number of nitrogens with zero attached hydrogens (tertiary/aromatic N) is 2. The van der Waals surface area contributed by atoms with Crippen molar-refractivity contribution in [2.75, 3.05) is 27.4 Å². The molecule has 4 rings (SSSR count). The van der Waals surface area contributed by atoms with E-state index >= 15 is 0 Å². The molecule has 0 saturated carbocycles. The van der Waals surface area contributed by atoms with Gasteiger partial charge in [-0.25, -0.2) is 4.68 Å². The quantitative estimate of drug-likeness (QED) is 0.553. The molecule has 8 heteroatoms. The maximum Gasteiger partial charge on any atom is 0.275 e. The van der Waals surface area contributed by atoms with Crippen molar-refractivity contribution in [1.82, 2.24) is 15.1 Å². The molecule has 1 aliphatic heterocycles. The highest BCUT2D eigenvalue weighted by Crippen LogP contribution is 2.29. The lowest BCUT2D eigenvalue weighted by atomic mass is 10.2. The van der Waals surface area contributed by atoms with Crippen LogP contribution in [0, 0.1) is 0 Å². The Morgan fingerprint density at radius 1 is 1.12 bits per heavy atom. The van der Waals surface area contributed by atoms with Gasteiger partial charge in [-0.3, -0.25) is 4.79 Å². The summed E-state index contributed by atoms with van der Waals surface area (Å²) in [5.41, 5.74) is 1.94. The van der Waals surface area contributed by atoms with Gasteiger partial charge in [0.2, 0.25) is 0 Å². The molecule has 2 heterocycles. The van der Waals surface area contributed by atoms with Crippen molar-refractivity contribution in [3.05, 3.63) is 66.0 Å². The van der Waals surface area contributed by atoms with Gasteiger partial charge in [-0.05, 0) is 42.7 Å². The Kier molecular flexibility index (Phi) is 6.91. The molecular formula is C24H27N3O5. The average Bonchev–Trinajstić information content (AvgIpc) is 3.52. The first-order chi connectivity index (χ1) is 15.7. The first kappa shape index (κ1) is 21.7. The van der Waals surface area contributed by atoms with Crippen LogP contribution in [0.2, 0.25) is 0 Å². The first-order valence-corrected chi connectivity index (χ1v) is 10.6. The van der Waals surface area contributed by atoms with Crippen LogP contribution >= 0.6 is 0 Å². The summed E-state index contributed by atoms with van der Waals surface area (Å²) in [5.74, 6) is 1.35. The second kappa shape index (κ2) is 10.2. The molecule has 168 valence electrons. The maximum absolute atomic E-state index is 12.8. The average molecular weight is 437 g/mol. The van der Waals surface area contributed by atoms with Crippen molar-refractivity contribution in [1.29, 1.82) is 0 Å². The fourth-order valence-corrected chi connectivity index (χ4v) is 3.54. The maximum atomic E-state index is 12.8. The van der Waals surface area contributed by atoms with Gasteiger partial charge >= 0.3 is 0 Å². The van der Waals surface area contributed by atoms with E-state index < -0.39 is 0 Å². The molecule has 1 aliphatic rings. The summed E-state index contributed by atoms with van der Waals surface area (Å²) in [4.78, 5) is 12.8. The second-order valence-corrected chi connectivity index (χ2v) is 7.44. The number of methoxy groups -OCH3 is 2. The van der Waals surface area contributed by atoms with Crippen LogP contribution < -0.4 is 19.5 Å². The fraction of sp³-hybridized carbons (Fsp3) is 0.333. The second-order valence-electron chi connectivity index (χ2n) is 7.44. The highest BCUT2D eigenvalue weighted by molar-refractivity contribution is 5.94. The topological polar surface area (TPSA) is 83.8 Å². The number of carbonyl (C=O) groups excluding carboxylic acids is 1. The van der Waals surface area contributed by atoms with Gasteiger partial charge in [-0.2, -0.15) is 5.10 Å². The molecule has 1 atom stereocenters. The summed E-state index contributed by atoms with van der Waals surface area (Å²) >= 11 is 0. The van der Waals surface area contributed by atoms with Crippen LogP contribution in [0.25, 0.3) is 5.69 Å². The van der Waals surface area contributed by atoms with E-state index in [9.17, 15) is 4.79 Å². The fourth-order valence-electron chi connectivity index (χ4n) is 3.54. The number of carbonyl (C=O) groups is 1. The number of para-hydroxylation sites is 1. The van der Waals surface area contributed by atoms with Crippen LogP contribution in [0.1, 0.15) is 28.9 Å². The van der Waals surface area contributed by atoms with E-state index in [0.717, 1.165) is 30.7 Å². The van der Waals surface area contributed by atoms with Crippen molar-refractivity contribution >= 4 is 5.91 Å². The molecule has 0 spiro atoms. The first-order valence-electron chi connectivity index (χ1n) is 10.6. The zero-order valence-electron chi connectivity index (χ0n) is 18.2. The van der Waals surface area contributed by atoms with E-state index in [1.807, 2.05) is 48.5 Å². The van der Waals surface area contributed by atoms with Gasteiger partial charge in [0, 0.05) is 13.2 Å². The SMILES string of the molecule is COc1cc(CNC(=O)c2nn(-c3ccccc3)cc2OC)ccc1OCC1CCCO1. The minimum absolute atomic E-state index is 0.129. The van der Waals surface area contributed by atoms with Crippen molar-refractivity contribution in [3.63, 3.8) is 0 Å². The van der Waals surface area contributed by atoms with Crippen LogP contribution in [-0.2, 0) is 11.3 Å². The number of hydrogen-bond acceptors (Lipinski definition) is 6. The van der Waals surface area contributed by atoms with E-state index in [2.05, 4.69) is 10.4 Å². The Morgan fingerprint density at radius 2 is 1.94 bits per heavy atom. The minimum Gasteiger partial charge on any atom is -0.493 e. The summed E-state index contributed by atoms with van der Waals surface area (Å²) < 4.78 is 23.9. The Labute approximate surface area is 187 Å². The molecule has 2 aromatic carbocycles. The third-order valence-corrected chi connectivity index (χ3v) is 5.27. The van der Waals surface area contributed by atoms with E-state index in [-0.39, 0.29) is 17.7 Å². The number of rotatable bonds is 9. The normalized spacial score (nSPS) is 15.4. The van der Waals surface area contributed by atoms with Crippen LogP contribution in [-0.4, -0.2) is 49.2 Å². The number of aromatic nitrogens is 2. The van der Waals surface area contributed by atoms with Gasteiger partial charge in [0.05, 0.1) is 32.2 Å². The molecule has 0 bridgehead atoms. The molecule has 1 saturated heterocycles. The van der Waals surface area contributed by atoms with E-state index in [4.69, 9.17) is 18.9 Å². The summed E-state index contributed by atoms with van der Waals surface area (Å²) in [6.07, 6.45) is 3.89. The molecule has 0 aliphatic carbocycles. The molecule has 1 unspecified atom stereocenters. The number of nitrogens with one attached hydrogen (secondary N) is 1. The highest BCUT2D eigenvalue weighted by Gasteiger charge is 2.19. The molecular weight excluding hydrogens is 410 g/mol. The van der Waals surface area contributed by atoms with Crippen LogP contribution in [0.15, 0.2) is 54.7 Å². The summed E-state index contributed by atoms with van der Waals surface area (Å²) in [6, 6.07) is 15.1. The largest absolute Gasteiger partial charge is 0.493 e. The zero-order chi connectivity index (χ0) is 22.3. The summed E-state index contributed by atoms with van der Waals surface area (Å²) in [5, 5.41) is 7.29. The standard InChI is InChI=1S/C24H27N3O5/c1-29-21-13-17(10-11-20(21)32-16-19-9-6-12-31-19)14-25-24(28)23-22(30-2)15-27(26-23)18-7-4-3-5-8-18/h3-5,7-8,10-11,13,15,19H,6,9,12,14,16H2,1-2H3,(H,25,28). The van der Waals surface area contributed by atoms with Gasteiger partial charge in [-0.1, -0.05) is 24.3 Å². The Bertz CT molecular complexity index is 1050. The number of ether oxygens (including phenoxy) is 4. The lowest BCUT2D eigenvalue weighted by molar-refractivity contribution is 0.0669. The minimum atomic E-state index is -0.325. The zero-order valence-corrected chi connectivity index (χ0v) is 18.2. The third-order valence-electron chi connectivity index (χ3n) is 5.27. The Hall–Kier alpha value is -3.52. The summed E-state index contributed by atoms with van der Waals surface area (Å²) in [6.45, 7) is 1.59. The predicted molar refractivity (Wildman–Crippen MR) is 119 cm³/mol. The van der Waals surface area contributed by atoms with Crippen molar-refractivity contribution in [3.8, 4) is 22.9 Å².